The smallest absolute Gasteiger partial charge is 0.232 e. The monoisotopic (exact) mass is 294 g/mol. The van der Waals surface area contributed by atoms with Crippen LogP contribution in [0.2, 0.25) is 0 Å². The molecule has 2 rings (SSSR count). The molecule has 1 saturated heterocycles. The van der Waals surface area contributed by atoms with Crippen LogP contribution in [0.25, 0.3) is 0 Å². The fourth-order valence-corrected chi connectivity index (χ4v) is 2.30. The van der Waals surface area contributed by atoms with E-state index in [4.69, 9.17) is 4.74 Å². The highest BCUT2D eigenvalue weighted by molar-refractivity contribution is 5.44. The highest BCUT2D eigenvalue weighted by atomic mass is 16.5. The van der Waals surface area contributed by atoms with Gasteiger partial charge >= 0.3 is 0 Å². The number of morpholine rings is 1. The van der Waals surface area contributed by atoms with Crippen LogP contribution in [0, 0.1) is 0 Å². The van der Waals surface area contributed by atoms with Crippen LogP contribution >= 0.6 is 0 Å². The summed E-state index contributed by atoms with van der Waals surface area (Å²) < 4.78 is 5.38. The van der Waals surface area contributed by atoms with Crippen LogP contribution in [-0.4, -0.2) is 53.8 Å². The fraction of sp³-hybridized carbons (Fsp3) is 0.786. The minimum atomic E-state index is 0.351. The van der Waals surface area contributed by atoms with Gasteiger partial charge in [-0.2, -0.15) is 15.0 Å². The first-order chi connectivity index (χ1) is 10.2. The lowest BCUT2D eigenvalue weighted by Crippen LogP contribution is -2.37. The molecule has 1 aliphatic rings. The summed E-state index contributed by atoms with van der Waals surface area (Å²) in [6.07, 6.45) is 2.23. The molecule has 1 aromatic rings. The zero-order valence-corrected chi connectivity index (χ0v) is 13.2. The van der Waals surface area contributed by atoms with E-state index in [0.717, 1.165) is 51.6 Å². The van der Waals surface area contributed by atoms with Gasteiger partial charge in [0.2, 0.25) is 17.8 Å². The number of aromatic nitrogens is 3. The zero-order chi connectivity index (χ0) is 15.1. The lowest BCUT2D eigenvalue weighted by Gasteiger charge is -2.27. The summed E-state index contributed by atoms with van der Waals surface area (Å²) in [4.78, 5) is 15.6. The number of ether oxygens (including phenoxy) is 1. The second-order valence-corrected chi connectivity index (χ2v) is 5.25. The van der Waals surface area contributed by atoms with Crippen molar-refractivity contribution in [3.05, 3.63) is 0 Å². The molecule has 118 valence electrons. The van der Waals surface area contributed by atoms with Gasteiger partial charge in [0.15, 0.2) is 0 Å². The Balaban J connectivity index is 2.16. The van der Waals surface area contributed by atoms with Gasteiger partial charge in [-0.05, 0) is 20.3 Å². The van der Waals surface area contributed by atoms with Crippen LogP contribution < -0.4 is 15.5 Å². The van der Waals surface area contributed by atoms with Crippen LogP contribution in [-0.2, 0) is 4.74 Å². The van der Waals surface area contributed by atoms with Gasteiger partial charge in [0, 0.05) is 25.7 Å². The average Bonchev–Trinajstić information content (AvgIpc) is 2.48. The largest absolute Gasteiger partial charge is 0.378 e. The predicted octanol–water partition coefficient (Wildman–Crippen LogP) is 1.74. The summed E-state index contributed by atoms with van der Waals surface area (Å²) in [6, 6.07) is 0.351. The standard InChI is InChI=1S/C14H26N6O/c1-4-6-11(3)16-13-17-12(15-5-2)18-14(19-13)20-7-9-21-10-8-20/h11H,4-10H2,1-3H3,(H2,15,16,17,18,19). The lowest BCUT2D eigenvalue weighted by molar-refractivity contribution is 0.122. The fourth-order valence-electron chi connectivity index (χ4n) is 2.30. The minimum absolute atomic E-state index is 0.351. The molecule has 0 aliphatic carbocycles. The SMILES string of the molecule is CCCC(C)Nc1nc(NCC)nc(N2CCOCC2)n1. The first kappa shape index (κ1) is 15.8. The summed E-state index contributed by atoms with van der Waals surface area (Å²) in [5, 5.41) is 6.53. The summed E-state index contributed by atoms with van der Waals surface area (Å²) >= 11 is 0. The van der Waals surface area contributed by atoms with E-state index in [9.17, 15) is 0 Å². The highest BCUT2D eigenvalue weighted by Gasteiger charge is 2.17. The predicted molar refractivity (Wildman–Crippen MR) is 85.0 cm³/mol. The molecule has 1 aliphatic heterocycles. The third-order valence-electron chi connectivity index (χ3n) is 3.35. The van der Waals surface area contributed by atoms with E-state index in [0.29, 0.717) is 17.9 Å². The van der Waals surface area contributed by atoms with Crippen molar-refractivity contribution in [2.45, 2.75) is 39.7 Å². The van der Waals surface area contributed by atoms with Crippen molar-refractivity contribution in [3.63, 3.8) is 0 Å². The maximum atomic E-state index is 5.38. The maximum absolute atomic E-state index is 5.38. The Morgan fingerprint density at radius 3 is 2.52 bits per heavy atom. The first-order valence-electron chi connectivity index (χ1n) is 7.82. The van der Waals surface area contributed by atoms with Gasteiger partial charge in [-0.1, -0.05) is 13.3 Å². The summed E-state index contributed by atoms with van der Waals surface area (Å²) in [6.45, 7) is 10.2. The van der Waals surface area contributed by atoms with Crippen LogP contribution in [0.5, 0.6) is 0 Å². The molecule has 0 radical (unpaired) electrons. The average molecular weight is 294 g/mol. The molecule has 21 heavy (non-hydrogen) atoms. The molecule has 0 bridgehead atoms. The quantitative estimate of drug-likeness (QED) is 0.793. The number of rotatable bonds is 7. The topological polar surface area (TPSA) is 75.2 Å². The molecule has 1 fully saturated rings. The van der Waals surface area contributed by atoms with E-state index in [1.807, 2.05) is 6.92 Å². The van der Waals surface area contributed by atoms with Gasteiger partial charge in [0.05, 0.1) is 13.2 Å². The maximum Gasteiger partial charge on any atom is 0.232 e. The van der Waals surface area contributed by atoms with Crippen molar-refractivity contribution in [1.29, 1.82) is 0 Å². The second kappa shape index (κ2) is 7.97. The molecular formula is C14H26N6O. The molecule has 0 aromatic carbocycles. The van der Waals surface area contributed by atoms with Crippen molar-refractivity contribution in [1.82, 2.24) is 15.0 Å². The van der Waals surface area contributed by atoms with Crippen LogP contribution in [0.4, 0.5) is 17.8 Å². The molecule has 0 spiro atoms. The molecule has 7 heteroatoms. The van der Waals surface area contributed by atoms with Crippen molar-refractivity contribution in [3.8, 4) is 0 Å². The van der Waals surface area contributed by atoms with E-state index < -0.39 is 0 Å². The number of anilines is 3. The summed E-state index contributed by atoms with van der Waals surface area (Å²) in [5.74, 6) is 1.99. The minimum Gasteiger partial charge on any atom is -0.378 e. The second-order valence-electron chi connectivity index (χ2n) is 5.25. The zero-order valence-electron chi connectivity index (χ0n) is 13.2. The third-order valence-corrected chi connectivity index (χ3v) is 3.35. The van der Waals surface area contributed by atoms with Crippen LogP contribution in [0.15, 0.2) is 0 Å². The lowest BCUT2D eigenvalue weighted by atomic mass is 10.2. The molecule has 0 saturated carbocycles. The van der Waals surface area contributed by atoms with E-state index in [2.05, 4.69) is 44.3 Å². The molecule has 1 atom stereocenters. The van der Waals surface area contributed by atoms with Crippen molar-refractivity contribution in [2.75, 3.05) is 48.4 Å². The van der Waals surface area contributed by atoms with Crippen LogP contribution in [0.1, 0.15) is 33.6 Å². The van der Waals surface area contributed by atoms with Crippen LogP contribution in [0.3, 0.4) is 0 Å². The van der Waals surface area contributed by atoms with Gasteiger partial charge in [0.1, 0.15) is 0 Å². The highest BCUT2D eigenvalue weighted by Crippen LogP contribution is 2.16. The van der Waals surface area contributed by atoms with Gasteiger partial charge in [0.25, 0.3) is 0 Å². The molecular weight excluding hydrogens is 268 g/mol. The Labute approximate surface area is 126 Å². The normalized spacial score (nSPS) is 16.6. The molecule has 2 heterocycles. The van der Waals surface area contributed by atoms with Gasteiger partial charge < -0.3 is 20.3 Å². The van der Waals surface area contributed by atoms with E-state index in [1.165, 1.54) is 0 Å². The Kier molecular flexibility index (Phi) is 5.98. The van der Waals surface area contributed by atoms with E-state index >= 15 is 0 Å². The molecule has 7 nitrogen and oxygen atoms in total. The Bertz CT molecular complexity index is 435. The summed E-state index contributed by atoms with van der Waals surface area (Å²) in [5.41, 5.74) is 0. The summed E-state index contributed by atoms with van der Waals surface area (Å²) in [7, 11) is 0. The Morgan fingerprint density at radius 1 is 1.14 bits per heavy atom. The van der Waals surface area contributed by atoms with Gasteiger partial charge in [-0.3, -0.25) is 0 Å². The Morgan fingerprint density at radius 2 is 1.86 bits per heavy atom. The van der Waals surface area contributed by atoms with E-state index in [-0.39, 0.29) is 0 Å². The third kappa shape index (κ3) is 4.70. The van der Waals surface area contributed by atoms with Gasteiger partial charge in [-0.15, -0.1) is 0 Å². The number of nitrogens with one attached hydrogen (secondary N) is 2. The number of hydrogen-bond donors (Lipinski definition) is 2. The number of hydrogen-bond acceptors (Lipinski definition) is 7. The molecule has 2 N–H and O–H groups in total. The molecule has 1 aromatic heterocycles. The van der Waals surface area contributed by atoms with Crippen molar-refractivity contribution >= 4 is 17.8 Å². The Hall–Kier alpha value is -1.63. The number of nitrogens with zero attached hydrogens (tertiary/aromatic N) is 4. The van der Waals surface area contributed by atoms with Crippen molar-refractivity contribution in [2.24, 2.45) is 0 Å². The van der Waals surface area contributed by atoms with E-state index in [1.54, 1.807) is 0 Å². The molecule has 0 amide bonds. The molecule has 1 unspecified atom stereocenters. The first-order valence-corrected chi connectivity index (χ1v) is 7.82. The van der Waals surface area contributed by atoms with Gasteiger partial charge in [-0.25, -0.2) is 0 Å². The van der Waals surface area contributed by atoms with Crippen molar-refractivity contribution < 1.29 is 4.74 Å².